The molecule has 1 aromatic carbocycles. The number of anilines is 1. The largest absolute Gasteiger partial charge is 0.455 e. The number of amides is 1. The number of ketones is 1. The Hall–Kier alpha value is -1.88. The summed E-state index contributed by atoms with van der Waals surface area (Å²) < 4.78 is 5.41. The third kappa shape index (κ3) is 3.62. The maximum absolute atomic E-state index is 12.8. The van der Waals surface area contributed by atoms with Crippen LogP contribution < -0.4 is 5.32 Å². The van der Waals surface area contributed by atoms with Gasteiger partial charge in [0.25, 0.3) is 5.91 Å². The molecule has 1 aromatic rings. The van der Waals surface area contributed by atoms with E-state index in [9.17, 15) is 14.4 Å². The van der Waals surface area contributed by atoms with Gasteiger partial charge < -0.3 is 10.1 Å². The van der Waals surface area contributed by atoms with E-state index in [1.54, 1.807) is 24.3 Å². The van der Waals surface area contributed by atoms with Crippen LogP contribution in [-0.2, 0) is 14.3 Å². The van der Waals surface area contributed by atoms with Gasteiger partial charge in [-0.05, 0) is 69.4 Å². The van der Waals surface area contributed by atoms with Gasteiger partial charge in [0.2, 0.25) is 0 Å². The Bertz CT molecular complexity index is 791. The molecule has 0 heterocycles. The molecule has 5 rings (SSSR count). The zero-order chi connectivity index (χ0) is 19.2. The lowest BCUT2D eigenvalue weighted by atomic mass is 9.49. The highest BCUT2D eigenvalue weighted by Crippen LogP contribution is 2.64. The standard InChI is InChI=1S/C21H24ClNO4/c1-13(24)16-3-2-4-17(6-16)23-18(25)11-27-19(26)20-7-14-5-15(8-20)10-21(22,9-14)12-20/h2-4,6,14-15H,5,7-12H2,1H3,(H,23,25)/t14-,15+,20?,21?. The van der Waals surface area contributed by atoms with Gasteiger partial charge in [-0.1, -0.05) is 12.1 Å². The number of benzene rings is 1. The first-order valence-corrected chi connectivity index (χ1v) is 9.92. The third-order valence-corrected chi connectivity index (χ3v) is 6.75. The van der Waals surface area contributed by atoms with Gasteiger partial charge in [0.1, 0.15) is 0 Å². The van der Waals surface area contributed by atoms with E-state index in [0.29, 0.717) is 29.5 Å². The van der Waals surface area contributed by atoms with Gasteiger partial charge in [0.05, 0.1) is 5.41 Å². The monoisotopic (exact) mass is 389 g/mol. The molecule has 4 saturated carbocycles. The van der Waals surface area contributed by atoms with Crippen molar-refractivity contribution in [3.05, 3.63) is 29.8 Å². The molecule has 4 aliphatic rings. The highest BCUT2D eigenvalue weighted by atomic mass is 35.5. The van der Waals surface area contributed by atoms with Crippen molar-refractivity contribution < 1.29 is 19.1 Å². The average molecular weight is 390 g/mol. The van der Waals surface area contributed by atoms with Crippen molar-refractivity contribution >= 4 is 34.9 Å². The van der Waals surface area contributed by atoms with E-state index in [2.05, 4.69) is 5.32 Å². The van der Waals surface area contributed by atoms with E-state index in [4.69, 9.17) is 16.3 Å². The molecule has 27 heavy (non-hydrogen) atoms. The number of rotatable bonds is 5. The summed E-state index contributed by atoms with van der Waals surface area (Å²) in [5, 5.41) is 2.68. The van der Waals surface area contributed by atoms with Gasteiger partial charge >= 0.3 is 5.97 Å². The van der Waals surface area contributed by atoms with Crippen molar-refractivity contribution in [2.75, 3.05) is 11.9 Å². The minimum absolute atomic E-state index is 0.0747. The molecule has 0 aliphatic heterocycles. The SMILES string of the molecule is CC(=O)c1cccc(NC(=O)COC(=O)C23C[C@@H]4C[C@@H](CC(Cl)(C4)C2)C3)c1. The van der Waals surface area contributed by atoms with E-state index < -0.39 is 11.3 Å². The molecule has 4 aliphatic carbocycles. The number of hydrogen-bond donors (Lipinski definition) is 1. The predicted molar refractivity (Wildman–Crippen MR) is 102 cm³/mol. The highest BCUT2D eigenvalue weighted by Gasteiger charge is 2.60. The van der Waals surface area contributed by atoms with E-state index >= 15 is 0 Å². The molecule has 144 valence electrons. The summed E-state index contributed by atoms with van der Waals surface area (Å²) >= 11 is 6.76. The number of Topliss-reactive ketones (excluding diaryl/α,β-unsaturated/α-hetero) is 1. The number of esters is 1. The van der Waals surface area contributed by atoms with Gasteiger partial charge in [0, 0.05) is 16.1 Å². The van der Waals surface area contributed by atoms with Gasteiger partial charge in [-0.15, -0.1) is 11.6 Å². The van der Waals surface area contributed by atoms with Crippen LogP contribution in [0.15, 0.2) is 24.3 Å². The van der Waals surface area contributed by atoms with Crippen LogP contribution in [0.5, 0.6) is 0 Å². The van der Waals surface area contributed by atoms with Crippen LogP contribution in [-0.4, -0.2) is 29.1 Å². The summed E-state index contributed by atoms with van der Waals surface area (Å²) in [5.74, 6) is 0.233. The van der Waals surface area contributed by atoms with Crippen LogP contribution in [0.25, 0.3) is 0 Å². The minimum atomic E-state index is -0.513. The molecule has 0 saturated heterocycles. The van der Waals surface area contributed by atoms with Crippen molar-refractivity contribution in [3.63, 3.8) is 0 Å². The quantitative estimate of drug-likeness (QED) is 0.470. The second-order valence-corrected chi connectivity index (χ2v) is 9.46. The number of ether oxygens (including phenoxy) is 1. The third-order valence-electron chi connectivity index (χ3n) is 6.31. The lowest BCUT2D eigenvalue weighted by Crippen LogP contribution is -2.56. The van der Waals surface area contributed by atoms with Gasteiger partial charge in [-0.25, -0.2) is 0 Å². The Morgan fingerprint density at radius 1 is 1.19 bits per heavy atom. The molecule has 0 aromatic heterocycles. The predicted octanol–water partition coefficient (Wildman–Crippen LogP) is 3.95. The number of halogens is 1. The maximum Gasteiger partial charge on any atom is 0.312 e. The summed E-state index contributed by atoms with van der Waals surface area (Å²) in [5.41, 5.74) is 0.518. The van der Waals surface area contributed by atoms with E-state index in [-0.39, 0.29) is 23.2 Å². The van der Waals surface area contributed by atoms with Crippen LogP contribution in [0, 0.1) is 17.3 Å². The highest BCUT2D eigenvalue weighted by molar-refractivity contribution is 6.24. The molecule has 6 heteroatoms. The smallest absolute Gasteiger partial charge is 0.312 e. The average Bonchev–Trinajstić information content (AvgIpc) is 2.57. The first kappa shape index (κ1) is 18.5. The normalized spacial score (nSPS) is 33.6. The maximum atomic E-state index is 12.8. The molecule has 4 fully saturated rings. The Labute approximate surface area is 163 Å². The lowest BCUT2D eigenvalue weighted by Gasteiger charge is -2.58. The Morgan fingerprint density at radius 2 is 1.89 bits per heavy atom. The number of carbonyl (C=O) groups is 3. The molecule has 0 radical (unpaired) electrons. The lowest BCUT2D eigenvalue weighted by molar-refractivity contribution is -0.171. The fourth-order valence-electron chi connectivity index (χ4n) is 5.69. The van der Waals surface area contributed by atoms with Gasteiger partial charge in [-0.2, -0.15) is 0 Å². The number of carbonyl (C=O) groups excluding carboxylic acids is 3. The first-order chi connectivity index (χ1) is 12.8. The van der Waals surface area contributed by atoms with Crippen LogP contribution in [0.4, 0.5) is 5.69 Å². The van der Waals surface area contributed by atoms with Crippen LogP contribution in [0.1, 0.15) is 55.8 Å². The summed E-state index contributed by atoms with van der Waals surface area (Å²) in [7, 11) is 0. The molecular weight excluding hydrogens is 366 g/mol. The molecular formula is C21H24ClNO4. The Kier molecular flexibility index (Phi) is 4.53. The summed E-state index contributed by atoms with van der Waals surface area (Å²) in [6.07, 6.45) is 5.48. The van der Waals surface area contributed by atoms with Crippen molar-refractivity contribution in [3.8, 4) is 0 Å². The van der Waals surface area contributed by atoms with Crippen LogP contribution >= 0.6 is 11.6 Å². The minimum Gasteiger partial charge on any atom is -0.455 e. The number of alkyl halides is 1. The molecule has 1 amide bonds. The summed E-state index contributed by atoms with van der Waals surface area (Å²) in [6.45, 7) is 1.15. The summed E-state index contributed by atoms with van der Waals surface area (Å²) in [4.78, 5) is 36.2. The topological polar surface area (TPSA) is 72.5 Å². The first-order valence-electron chi connectivity index (χ1n) is 9.54. The van der Waals surface area contributed by atoms with Crippen LogP contribution in [0.2, 0.25) is 0 Å². The Morgan fingerprint density at radius 3 is 2.52 bits per heavy atom. The molecule has 1 N–H and O–H groups in total. The fraction of sp³-hybridized carbons (Fsp3) is 0.571. The molecule has 4 atom stereocenters. The number of nitrogens with one attached hydrogen (secondary N) is 1. The van der Waals surface area contributed by atoms with Crippen molar-refractivity contribution in [1.82, 2.24) is 0 Å². The second-order valence-electron chi connectivity index (χ2n) is 8.65. The van der Waals surface area contributed by atoms with E-state index in [1.165, 1.54) is 6.92 Å². The van der Waals surface area contributed by atoms with Gasteiger partial charge in [-0.3, -0.25) is 14.4 Å². The number of hydrogen-bond acceptors (Lipinski definition) is 4. The summed E-state index contributed by atoms with van der Waals surface area (Å²) in [6, 6.07) is 6.70. The molecule has 5 nitrogen and oxygen atoms in total. The zero-order valence-corrected chi connectivity index (χ0v) is 16.2. The second kappa shape index (κ2) is 6.62. The van der Waals surface area contributed by atoms with Gasteiger partial charge in [0.15, 0.2) is 12.4 Å². The van der Waals surface area contributed by atoms with Crippen molar-refractivity contribution in [2.45, 2.75) is 50.3 Å². The van der Waals surface area contributed by atoms with E-state index in [0.717, 1.165) is 32.1 Å². The molecule has 0 spiro atoms. The molecule has 4 bridgehead atoms. The van der Waals surface area contributed by atoms with Crippen molar-refractivity contribution in [2.24, 2.45) is 17.3 Å². The Balaban J connectivity index is 1.36. The van der Waals surface area contributed by atoms with Crippen LogP contribution in [0.3, 0.4) is 0 Å². The fourth-order valence-corrected chi connectivity index (χ4v) is 6.38. The zero-order valence-electron chi connectivity index (χ0n) is 15.4. The van der Waals surface area contributed by atoms with Crippen molar-refractivity contribution in [1.29, 1.82) is 0 Å². The molecule has 2 unspecified atom stereocenters. The van der Waals surface area contributed by atoms with E-state index in [1.807, 2.05) is 0 Å².